The van der Waals surface area contributed by atoms with Crippen molar-refractivity contribution in [1.29, 1.82) is 0 Å². The summed E-state index contributed by atoms with van der Waals surface area (Å²) >= 11 is 0. The van der Waals surface area contributed by atoms with Gasteiger partial charge in [-0.3, -0.25) is 0 Å². The molecule has 0 radical (unpaired) electrons. The van der Waals surface area contributed by atoms with E-state index in [0.29, 0.717) is 12.0 Å². The Morgan fingerprint density at radius 1 is 1.47 bits per heavy atom. The van der Waals surface area contributed by atoms with Crippen LogP contribution in [0.15, 0.2) is 18.2 Å². The van der Waals surface area contributed by atoms with Crippen molar-refractivity contribution in [3.8, 4) is 0 Å². The van der Waals surface area contributed by atoms with Gasteiger partial charge in [-0.2, -0.15) is 0 Å². The summed E-state index contributed by atoms with van der Waals surface area (Å²) in [5.41, 5.74) is 2.29. The third kappa shape index (κ3) is 1.42. The average Bonchev–Trinajstić information content (AvgIpc) is 2.54. The molecular formula is C12H15FN2. The van der Waals surface area contributed by atoms with Crippen molar-refractivity contribution >= 4 is 5.69 Å². The maximum absolute atomic E-state index is 13.1. The van der Waals surface area contributed by atoms with Gasteiger partial charge < -0.3 is 10.2 Å². The molecule has 0 aromatic heterocycles. The molecule has 0 bridgehead atoms. The number of fused-ring (bicyclic) bond motifs is 3. The number of anilines is 1. The van der Waals surface area contributed by atoms with E-state index in [-0.39, 0.29) is 5.82 Å². The van der Waals surface area contributed by atoms with E-state index in [1.165, 1.54) is 5.56 Å². The van der Waals surface area contributed by atoms with E-state index in [2.05, 4.69) is 17.3 Å². The molecular weight excluding hydrogens is 191 g/mol. The van der Waals surface area contributed by atoms with Crippen LogP contribution in [0.5, 0.6) is 0 Å². The fourth-order valence-electron chi connectivity index (χ4n) is 2.78. The molecule has 0 aliphatic carbocycles. The zero-order valence-electron chi connectivity index (χ0n) is 8.83. The van der Waals surface area contributed by atoms with E-state index < -0.39 is 0 Å². The van der Waals surface area contributed by atoms with Crippen LogP contribution in [-0.2, 0) is 0 Å². The molecule has 2 nitrogen and oxygen atoms in total. The molecule has 2 atom stereocenters. The highest BCUT2D eigenvalue weighted by Gasteiger charge is 2.35. The summed E-state index contributed by atoms with van der Waals surface area (Å²) in [6.45, 7) is 2.21. The quantitative estimate of drug-likeness (QED) is 0.698. The van der Waals surface area contributed by atoms with E-state index in [1.54, 1.807) is 12.1 Å². The highest BCUT2D eigenvalue weighted by Crippen LogP contribution is 2.39. The minimum absolute atomic E-state index is 0.145. The van der Waals surface area contributed by atoms with Crippen LogP contribution < -0.4 is 5.32 Å². The molecule has 1 saturated heterocycles. The summed E-state index contributed by atoms with van der Waals surface area (Å²) in [7, 11) is 2.15. The SMILES string of the molecule is CN1CCC2Nc3cc(F)ccc3C2C1. The lowest BCUT2D eigenvalue weighted by molar-refractivity contribution is 0.243. The standard InChI is InChI=1S/C12H15FN2/c1-15-5-4-11-10(7-15)9-3-2-8(13)6-12(9)14-11/h2-3,6,10-11,14H,4-5,7H2,1H3. The van der Waals surface area contributed by atoms with Gasteiger partial charge in [-0.05, 0) is 37.7 Å². The van der Waals surface area contributed by atoms with Gasteiger partial charge >= 0.3 is 0 Å². The lowest BCUT2D eigenvalue weighted by Gasteiger charge is -2.32. The molecule has 2 unspecified atom stereocenters. The summed E-state index contributed by atoms with van der Waals surface area (Å²) in [4.78, 5) is 2.35. The van der Waals surface area contributed by atoms with Gasteiger partial charge in [0.2, 0.25) is 0 Å². The van der Waals surface area contributed by atoms with E-state index in [4.69, 9.17) is 0 Å². The normalized spacial score (nSPS) is 29.5. The van der Waals surface area contributed by atoms with Crippen LogP contribution in [0.2, 0.25) is 0 Å². The molecule has 0 spiro atoms. The second-order valence-corrected chi connectivity index (χ2v) is 4.64. The number of rotatable bonds is 0. The van der Waals surface area contributed by atoms with Crippen LogP contribution >= 0.6 is 0 Å². The summed E-state index contributed by atoms with van der Waals surface area (Å²) in [5.74, 6) is 0.396. The van der Waals surface area contributed by atoms with Crippen molar-refractivity contribution in [3.63, 3.8) is 0 Å². The zero-order valence-corrected chi connectivity index (χ0v) is 8.83. The summed E-state index contributed by atoms with van der Waals surface area (Å²) in [6.07, 6.45) is 1.15. The van der Waals surface area contributed by atoms with Crippen molar-refractivity contribution in [2.45, 2.75) is 18.4 Å². The third-order valence-electron chi connectivity index (χ3n) is 3.57. The fraction of sp³-hybridized carbons (Fsp3) is 0.500. The summed E-state index contributed by atoms with van der Waals surface area (Å²) in [5, 5.41) is 3.43. The predicted molar refractivity (Wildman–Crippen MR) is 58.7 cm³/mol. The number of benzene rings is 1. The molecule has 1 aromatic rings. The largest absolute Gasteiger partial charge is 0.381 e. The van der Waals surface area contributed by atoms with Crippen molar-refractivity contribution in [3.05, 3.63) is 29.6 Å². The lowest BCUT2D eigenvalue weighted by atomic mass is 9.90. The Morgan fingerprint density at radius 2 is 2.33 bits per heavy atom. The maximum atomic E-state index is 13.1. The minimum atomic E-state index is -0.145. The number of hydrogen-bond acceptors (Lipinski definition) is 2. The van der Waals surface area contributed by atoms with Gasteiger partial charge in [0.05, 0.1) is 0 Å². The molecule has 2 aliphatic rings. The first-order chi connectivity index (χ1) is 7.24. The molecule has 3 rings (SSSR count). The number of piperidine rings is 1. The Bertz CT molecular complexity index is 391. The summed E-state index contributed by atoms with van der Waals surface area (Å²) in [6, 6.07) is 5.63. The smallest absolute Gasteiger partial charge is 0.125 e. The van der Waals surface area contributed by atoms with Crippen LogP contribution in [0.4, 0.5) is 10.1 Å². The Balaban J connectivity index is 1.97. The summed E-state index contributed by atoms with van der Waals surface area (Å²) < 4.78 is 13.1. The van der Waals surface area contributed by atoms with Crippen LogP contribution in [0.3, 0.4) is 0 Å². The maximum Gasteiger partial charge on any atom is 0.125 e. The number of likely N-dealkylation sites (N-methyl/N-ethyl adjacent to an activating group) is 1. The number of nitrogens with zero attached hydrogens (tertiary/aromatic N) is 1. The van der Waals surface area contributed by atoms with Gasteiger partial charge in [-0.25, -0.2) is 4.39 Å². The van der Waals surface area contributed by atoms with Gasteiger partial charge in [0.1, 0.15) is 5.82 Å². The molecule has 1 fully saturated rings. The number of halogens is 1. The van der Waals surface area contributed by atoms with E-state index in [9.17, 15) is 4.39 Å². The Hall–Kier alpha value is -1.09. The molecule has 2 aliphatic heterocycles. The molecule has 3 heteroatoms. The highest BCUT2D eigenvalue weighted by molar-refractivity contribution is 5.60. The van der Waals surface area contributed by atoms with Gasteiger partial charge in [-0.1, -0.05) is 6.07 Å². The van der Waals surface area contributed by atoms with Gasteiger partial charge in [-0.15, -0.1) is 0 Å². The van der Waals surface area contributed by atoms with Gasteiger partial charge in [0.15, 0.2) is 0 Å². The van der Waals surface area contributed by atoms with E-state index in [1.807, 2.05) is 6.07 Å². The number of hydrogen-bond donors (Lipinski definition) is 1. The van der Waals surface area contributed by atoms with Crippen LogP contribution in [0.1, 0.15) is 17.9 Å². The van der Waals surface area contributed by atoms with Gasteiger partial charge in [0.25, 0.3) is 0 Å². The Labute approximate surface area is 89.1 Å². The number of nitrogens with one attached hydrogen (secondary N) is 1. The highest BCUT2D eigenvalue weighted by atomic mass is 19.1. The van der Waals surface area contributed by atoms with Crippen molar-refractivity contribution in [2.24, 2.45) is 0 Å². The Morgan fingerprint density at radius 3 is 3.20 bits per heavy atom. The molecule has 80 valence electrons. The van der Waals surface area contributed by atoms with Crippen molar-refractivity contribution in [2.75, 3.05) is 25.5 Å². The lowest BCUT2D eigenvalue weighted by Crippen LogP contribution is -2.39. The average molecular weight is 206 g/mol. The molecule has 15 heavy (non-hydrogen) atoms. The first-order valence-corrected chi connectivity index (χ1v) is 5.48. The molecule has 0 saturated carbocycles. The second kappa shape index (κ2) is 3.20. The second-order valence-electron chi connectivity index (χ2n) is 4.64. The molecule has 1 N–H and O–H groups in total. The molecule has 2 heterocycles. The topological polar surface area (TPSA) is 15.3 Å². The third-order valence-corrected chi connectivity index (χ3v) is 3.57. The minimum Gasteiger partial charge on any atom is -0.381 e. The molecule has 1 aromatic carbocycles. The first-order valence-electron chi connectivity index (χ1n) is 5.48. The predicted octanol–water partition coefficient (Wildman–Crippen LogP) is 2.04. The van der Waals surface area contributed by atoms with Crippen molar-refractivity contribution < 1.29 is 4.39 Å². The zero-order chi connectivity index (χ0) is 10.4. The Kier molecular flexibility index (Phi) is 1.96. The van der Waals surface area contributed by atoms with Crippen LogP contribution in [0, 0.1) is 5.82 Å². The number of likely N-dealkylation sites (tertiary alicyclic amines) is 1. The fourth-order valence-corrected chi connectivity index (χ4v) is 2.78. The first kappa shape index (κ1) is 9.16. The van der Waals surface area contributed by atoms with Gasteiger partial charge in [0, 0.05) is 24.2 Å². The van der Waals surface area contributed by atoms with E-state index in [0.717, 1.165) is 25.2 Å². The van der Waals surface area contributed by atoms with Crippen LogP contribution in [0.25, 0.3) is 0 Å². The van der Waals surface area contributed by atoms with Crippen molar-refractivity contribution in [1.82, 2.24) is 4.90 Å². The monoisotopic (exact) mass is 206 g/mol. The molecule has 0 amide bonds. The van der Waals surface area contributed by atoms with Crippen LogP contribution in [-0.4, -0.2) is 31.1 Å². The van der Waals surface area contributed by atoms with E-state index >= 15 is 0 Å².